The zero-order valence-electron chi connectivity index (χ0n) is 11.8. The molecule has 2 N–H and O–H groups in total. The van der Waals surface area contributed by atoms with Gasteiger partial charge in [-0.2, -0.15) is 0 Å². The molecule has 1 saturated carbocycles. The van der Waals surface area contributed by atoms with E-state index >= 15 is 0 Å². The largest absolute Gasteiger partial charge is 0.391 e. The molecule has 0 saturated heterocycles. The van der Waals surface area contributed by atoms with Crippen molar-refractivity contribution < 1.29 is 9.90 Å². The summed E-state index contributed by atoms with van der Waals surface area (Å²) in [5, 5.41) is 12.8. The van der Waals surface area contributed by atoms with Crippen LogP contribution >= 0.6 is 0 Å². The van der Waals surface area contributed by atoms with Gasteiger partial charge in [0, 0.05) is 6.42 Å². The fourth-order valence-electron chi connectivity index (χ4n) is 2.62. The van der Waals surface area contributed by atoms with Gasteiger partial charge < -0.3 is 10.4 Å². The molecule has 0 aromatic carbocycles. The average Bonchev–Trinajstić information content (AvgIpc) is 2.36. The molecule has 1 rings (SSSR count). The van der Waals surface area contributed by atoms with Crippen molar-refractivity contribution in [2.75, 3.05) is 0 Å². The van der Waals surface area contributed by atoms with Crippen molar-refractivity contribution in [3.63, 3.8) is 0 Å². The van der Waals surface area contributed by atoms with Crippen molar-refractivity contribution in [1.29, 1.82) is 0 Å². The van der Waals surface area contributed by atoms with E-state index in [9.17, 15) is 9.90 Å². The first kappa shape index (κ1) is 15.5. The number of carbonyl (C=O) groups is 1. The first-order valence-corrected chi connectivity index (χ1v) is 7.71. The van der Waals surface area contributed by atoms with Crippen molar-refractivity contribution >= 4 is 5.91 Å². The minimum atomic E-state index is -0.327. The Morgan fingerprint density at radius 2 is 1.78 bits per heavy atom. The molecule has 2 atom stereocenters. The lowest BCUT2D eigenvalue weighted by Crippen LogP contribution is -2.44. The molecule has 1 fully saturated rings. The summed E-state index contributed by atoms with van der Waals surface area (Å²) in [5.41, 5.74) is 0. The smallest absolute Gasteiger partial charge is 0.220 e. The quantitative estimate of drug-likeness (QED) is 0.655. The normalized spacial score (nSPS) is 23.9. The first-order chi connectivity index (χ1) is 8.74. The predicted molar refractivity (Wildman–Crippen MR) is 74.4 cm³/mol. The van der Waals surface area contributed by atoms with E-state index in [0.29, 0.717) is 6.42 Å². The molecule has 1 aliphatic rings. The van der Waals surface area contributed by atoms with Crippen molar-refractivity contribution in [3.05, 3.63) is 0 Å². The van der Waals surface area contributed by atoms with E-state index in [1.165, 1.54) is 25.7 Å². The zero-order chi connectivity index (χ0) is 13.2. The third-order valence-electron chi connectivity index (χ3n) is 3.83. The van der Waals surface area contributed by atoms with Gasteiger partial charge in [0.05, 0.1) is 12.1 Å². The summed E-state index contributed by atoms with van der Waals surface area (Å²) in [6, 6.07) is 0.00587. The summed E-state index contributed by atoms with van der Waals surface area (Å²) in [5.74, 6) is 0.122. The molecule has 106 valence electrons. The Morgan fingerprint density at radius 3 is 2.50 bits per heavy atom. The van der Waals surface area contributed by atoms with E-state index in [0.717, 1.165) is 38.5 Å². The van der Waals surface area contributed by atoms with E-state index in [-0.39, 0.29) is 18.1 Å². The summed E-state index contributed by atoms with van der Waals surface area (Å²) in [4.78, 5) is 11.7. The molecule has 18 heavy (non-hydrogen) atoms. The van der Waals surface area contributed by atoms with Gasteiger partial charge in [-0.1, -0.05) is 51.9 Å². The number of carbonyl (C=O) groups excluding carboxylic acids is 1. The van der Waals surface area contributed by atoms with E-state index in [2.05, 4.69) is 12.2 Å². The molecule has 0 spiro atoms. The highest BCUT2D eigenvalue weighted by Crippen LogP contribution is 2.18. The Bertz CT molecular complexity index is 231. The van der Waals surface area contributed by atoms with Crippen molar-refractivity contribution in [2.24, 2.45) is 0 Å². The van der Waals surface area contributed by atoms with Crippen LogP contribution in [0.2, 0.25) is 0 Å². The maximum atomic E-state index is 11.7. The van der Waals surface area contributed by atoms with Crippen molar-refractivity contribution in [1.82, 2.24) is 5.32 Å². The Kier molecular flexibility index (Phi) is 8.06. The summed E-state index contributed by atoms with van der Waals surface area (Å²) in [7, 11) is 0. The van der Waals surface area contributed by atoms with Crippen molar-refractivity contribution in [3.8, 4) is 0 Å². The number of hydrogen-bond donors (Lipinski definition) is 2. The van der Waals surface area contributed by atoms with Crippen LogP contribution in [0.5, 0.6) is 0 Å². The number of amides is 1. The summed E-state index contributed by atoms with van der Waals surface area (Å²) >= 11 is 0. The van der Waals surface area contributed by atoms with Crippen LogP contribution in [-0.2, 0) is 4.79 Å². The van der Waals surface area contributed by atoms with Crippen molar-refractivity contribution in [2.45, 2.75) is 89.7 Å². The van der Waals surface area contributed by atoms with Gasteiger partial charge in [0.15, 0.2) is 0 Å². The molecule has 0 radical (unpaired) electrons. The Morgan fingerprint density at radius 1 is 1.11 bits per heavy atom. The maximum absolute atomic E-state index is 11.7. The van der Waals surface area contributed by atoms with Gasteiger partial charge in [0.2, 0.25) is 5.91 Å². The fourth-order valence-corrected chi connectivity index (χ4v) is 2.62. The molecule has 0 aromatic heterocycles. The molecular formula is C15H29NO2. The second-order valence-corrected chi connectivity index (χ2v) is 5.54. The van der Waals surface area contributed by atoms with Gasteiger partial charge in [-0.15, -0.1) is 0 Å². The molecule has 0 aliphatic heterocycles. The molecule has 2 unspecified atom stereocenters. The predicted octanol–water partition coefficient (Wildman–Crippen LogP) is 3.16. The highest BCUT2D eigenvalue weighted by molar-refractivity contribution is 5.76. The molecular weight excluding hydrogens is 226 g/mol. The summed E-state index contributed by atoms with van der Waals surface area (Å²) in [6.07, 6.45) is 11.5. The Hall–Kier alpha value is -0.570. The minimum Gasteiger partial charge on any atom is -0.391 e. The fraction of sp³-hybridized carbons (Fsp3) is 0.933. The number of rotatable bonds is 8. The molecule has 0 bridgehead atoms. The Labute approximate surface area is 111 Å². The van der Waals surface area contributed by atoms with Gasteiger partial charge in [-0.25, -0.2) is 0 Å². The van der Waals surface area contributed by atoms with E-state index in [1.807, 2.05) is 0 Å². The van der Waals surface area contributed by atoms with Crippen LogP contribution in [-0.4, -0.2) is 23.2 Å². The number of unbranched alkanes of at least 4 members (excludes halogenated alkanes) is 5. The van der Waals surface area contributed by atoms with Crippen LogP contribution in [0.1, 0.15) is 77.6 Å². The molecule has 3 nitrogen and oxygen atoms in total. The lowest BCUT2D eigenvalue weighted by molar-refractivity contribution is -0.123. The summed E-state index contributed by atoms with van der Waals surface area (Å²) in [6.45, 7) is 2.21. The SMILES string of the molecule is CCCCCCCCC(=O)NC1CCCCC1O. The van der Waals surface area contributed by atoms with Crippen LogP contribution in [0.25, 0.3) is 0 Å². The number of aliphatic hydroxyl groups excluding tert-OH is 1. The number of aliphatic hydroxyl groups is 1. The lowest BCUT2D eigenvalue weighted by Gasteiger charge is -2.28. The third kappa shape index (κ3) is 6.39. The lowest BCUT2D eigenvalue weighted by atomic mass is 9.92. The van der Waals surface area contributed by atoms with Gasteiger partial charge in [-0.05, 0) is 19.3 Å². The molecule has 1 amide bonds. The van der Waals surface area contributed by atoms with Crippen LogP contribution in [0, 0.1) is 0 Å². The average molecular weight is 255 g/mol. The van der Waals surface area contributed by atoms with Crippen LogP contribution in [0.15, 0.2) is 0 Å². The Balaban J connectivity index is 2.02. The monoisotopic (exact) mass is 255 g/mol. The highest BCUT2D eigenvalue weighted by atomic mass is 16.3. The van der Waals surface area contributed by atoms with Crippen LogP contribution in [0.3, 0.4) is 0 Å². The standard InChI is InChI=1S/C15H29NO2/c1-2-3-4-5-6-7-12-15(18)16-13-10-8-9-11-14(13)17/h13-14,17H,2-12H2,1H3,(H,16,18). The minimum absolute atomic E-state index is 0.00587. The van der Waals surface area contributed by atoms with Gasteiger partial charge in [-0.3, -0.25) is 4.79 Å². The maximum Gasteiger partial charge on any atom is 0.220 e. The van der Waals surface area contributed by atoms with Gasteiger partial charge in [0.25, 0.3) is 0 Å². The number of nitrogens with one attached hydrogen (secondary N) is 1. The van der Waals surface area contributed by atoms with E-state index in [4.69, 9.17) is 0 Å². The van der Waals surface area contributed by atoms with Crippen LogP contribution in [0.4, 0.5) is 0 Å². The highest BCUT2D eigenvalue weighted by Gasteiger charge is 2.23. The van der Waals surface area contributed by atoms with Gasteiger partial charge >= 0.3 is 0 Å². The second kappa shape index (κ2) is 9.37. The number of hydrogen-bond acceptors (Lipinski definition) is 2. The van der Waals surface area contributed by atoms with E-state index in [1.54, 1.807) is 0 Å². The molecule has 0 heterocycles. The molecule has 1 aliphatic carbocycles. The topological polar surface area (TPSA) is 49.3 Å². The molecule has 3 heteroatoms. The zero-order valence-corrected chi connectivity index (χ0v) is 11.8. The molecule has 0 aromatic rings. The second-order valence-electron chi connectivity index (χ2n) is 5.54. The van der Waals surface area contributed by atoms with Crippen LogP contribution < -0.4 is 5.32 Å². The first-order valence-electron chi connectivity index (χ1n) is 7.71. The van der Waals surface area contributed by atoms with E-state index < -0.39 is 0 Å². The summed E-state index contributed by atoms with van der Waals surface area (Å²) < 4.78 is 0. The van der Waals surface area contributed by atoms with Gasteiger partial charge in [0.1, 0.15) is 0 Å². The third-order valence-corrected chi connectivity index (χ3v) is 3.83.